The predicted octanol–water partition coefficient (Wildman–Crippen LogP) is 4.81. The number of pyridine rings is 1. The van der Waals surface area contributed by atoms with E-state index in [1.807, 2.05) is 30.3 Å². The molecule has 1 unspecified atom stereocenters. The molecule has 32 heavy (non-hydrogen) atoms. The summed E-state index contributed by atoms with van der Waals surface area (Å²) in [6, 6.07) is 11.0. The number of allylic oxidation sites excluding steroid dienone is 1. The highest BCUT2D eigenvalue weighted by Crippen LogP contribution is 2.33. The van der Waals surface area contributed by atoms with Gasteiger partial charge in [-0.2, -0.15) is 0 Å². The molecule has 7 heteroatoms. The first-order chi connectivity index (χ1) is 15.7. The summed E-state index contributed by atoms with van der Waals surface area (Å²) in [6.07, 6.45) is 10.3. The molecule has 1 fully saturated rings. The van der Waals surface area contributed by atoms with Gasteiger partial charge < -0.3 is 15.4 Å². The van der Waals surface area contributed by atoms with Gasteiger partial charge in [-0.05, 0) is 81.4 Å². The lowest BCUT2D eigenvalue weighted by Gasteiger charge is -2.30. The average molecular weight is 435 g/mol. The van der Waals surface area contributed by atoms with Crippen LogP contribution in [0.2, 0.25) is 0 Å². The molecule has 168 valence electrons. The minimum Gasteiger partial charge on any atom is -0.441 e. The number of rotatable bonds is 6. The number of hydrogen-bond donors (Lipinski definition) is 3. The van der Waals surface area contributed by atoms with Crippen molar-refractivity contribution in [2.45, 2.75) is 44.6 Å². The molecule has 2 amide bonds. The van der Waals surface area contributed by atoms with Crippen molar-refractivity contribution in [3.8, 4) is 0 Å². The summed E-state index contributed by atoms with van der Waals surface area (Å²) in [5, 5.41) is 9.13. The fraction of sp³-hybridized carbons (Fsp3) is 0.400. The molecule has 0 bridgehead atoms. The van der Waals surface area contributed by atoms with Crippen molar-refractivity contribution in [3.63, 3.8) is 0 Å². The van der Waals surface area contributed by atoms with Crippen LogP contribution in [0.1, 0.15) is 50.2 Å². The van der Waals surface area contributed by atoms with Gasteiger partial charge in [-0.1, -0.05) is 18.2 Å². The lowest BCUT2D eigenvalue weighted by molar-refractivity contribution is -0.113. The first-order valence-electron chi connectivity index (χ1n) is 11.4. The summed E-state index contributed by atoms with van der Waals surface area (Å²) in [5.41, 5.74) is 2.81. The number of ether oxygens (including phenoxy) is 1. The van der Waals surface area contributed by atoms with Crippen LogP contribution in [0.3, 0.4) is 0 Å². The molecule has 1 aromatic heterocycles. The Hall–Kier alpha value is -3.19. The first-order valence-corrected chi connectivity index (χ1v) is 11.4. The molecule has 1 aliphatic heterocycles. The highest BCUT2D eigenvalue weighted by Gasteiger charge is 2.28. The van der Waals surface area contributed by atoms with E-state index in [-0.39, 0.29) is 17.9 Å². The van der Waals surface area contributed by atoms with Gasteiger partial charge in [0.15, 0.2) is 0 Å². The Balaban J connectivity index is 1.45. The Morgan fingerprint density at radius 3 is 2.41 bits per heavy atom. The quantitative estimate of drug-likeness (QED) is 0.607. The molecule has 2 aliphatic rings. The largest absolute Gasteiger partial charge is 0.441 e. The predicted molar refractivity (Wildman–Crippen MR) is 124 cm³/mol. The zero-order valence-corrected chi connectivity index (χ0v) is 18.2. The third-order valence-electron chi connectivity index (χ3n) is 6.08. The summed E-state index contributed by atoms with van der Waals surface area (Å²) < 4.78 is 5.93. The van der Waals surface area contributed by atoms with Crippen LogP contribution in [-0.2, 0) is 9.53 Å². The Kier molecular flexibility index (Phi) is 7.51. The molecule has 1 atom stereocenters. The van der Waals surface area contributed by atoms with E-state index in [4.69, 9.17) is 4.74 Å². The van der Waals surface area contributed by atoms with Crippen molar-refractivity contribution in [1.29, 1.82) is 0 Å². The summed E-state index contributed by atoms with van der Waals surface area (Å²) in [5.74, 6) is 0.120. The van der Waals surface area contributed by atoms with Crippen LogP contribution in [0.25, 0.3) is 0 Å². The SMILES string of the molecule is O=C(Nc1ccccc1NC(=O)C1=CCCCC1)OC(c1ccncc1)C1CCNCC1. The number of hydrogen-bond acceptors (Lipinski definition) is 5. The zero-order valence-electron chi connectivity index (χ0n) is 18.2. The van der Waals surface area contributed by atoms with Gasteiger partial charge in [-0.25, -0.2) is 4.79 Å². The van der Waals surface area contributed by atoms with Crippen LogP contribution in [0, 0.1) is 5.92 Å². The van der Waals surface area contributed by atoms with Gasteiger partial charge in [0.1, 0.15) is 6.10 Å². The number of anilines is 2. The molecular weight excluding hydrogens is 404 g/mol. The second-order valence-corrected chi connectivity index (χ2v) is 8.29. The Bertz CT molecular complexity index is 955. The van der Waals surface area contributed by atoms with Crippen LogP contribution in [0.4, 0.5) is 16.2 Å². The van der Waals surface area contributed by atoms with Gasteiger partial charge in [-0.15, -0.1) is 0 Å². The van der Waals surface area contributed by atoms with E-state index in [0.29, 0.717) is 11.4 Å². The molecule has 0 radical (unpaired) electrons. The van der Waals surface area contributed by atoms with E-state index in [1.54, 1.807) is 24.5 Å². The standard InChI is InChI=1S/C25H30N4O3/c30-24(20-6-2-1-3-7-20)28-21-8-4-5-9-22(21)29-25(31)32-23(18-10-14-26-15-11-18)19-12-16-27-17-13-19/h4-6,8-11,14-15,19,23,27H,1-3,7,12-13,16-17H2,(H,28,30)(H,29,31). The van der Waals surface area contributed by atoms with Gasteiger partial charge in [0.05, 0.1) is 11.4 Å². The highest BCUT2D eigenvalue weighted by atomic mass is 16.6. The maximum absolute atomic E-state index is 12.9. The lowest BCUT2D eigenvalue weighted by atomic mass is 9.88. The van der Waals surface area contributed by atoms with Crippen LogP contribution < -0.4 is 16.0 Å². The van der Waals surface area contributed by atoms with Crippen molar-refractivity contribution >= 4 is 23.4 Å². The Labute approximate surface area is 188 Å². The summed E-state index contributed by atoms with van der Waals surface area (Å²) in [7, 11) is 0. The van der Waals surface area contributed by atoms with Crippen molar-refractivity contribution in [2.75, 3.05) is 23.7 Å². The van der Waals surface area contributed by atoms with Crippen molar-refractivity contribution in [1.82, 2.24) is 10.3 Å². The summed E-state index contributed by atoms with van der Waals surface area (Å²) >= 11 is 0. The van der Waals surface area contributed by atoms with E-state index in [1.165, 1.54) is 0 Å². The van der Waals surface area contributed by atoms with E-state index in [2.05, 4.69) is 20.9 Å². The third kappa shape index (κ3) is 5.73. The number of benzene rings is 1. The number of amides is 2. The number of nitrogens with one attached hydrogen (secondary N) is 3. The summed E-state index contributed by atoms with van der Waals surface area (Å²) in [6.45, 7) is 1.81. The second kappa shape index (κ2) is 10.9. The molecule has 0 spiro atoms. The fourth-order valence-electron chi connectivity index (χ4n) is 4.34. The van der Waals surface area contributed by atoms with Gasteiger partial charge in [0.25, 0.3) is 5.91 Å². The molecule has 1 saturated heterocycles. The monoisotopic (exact) mass is 434 g/mol. The van der Waals surface area contributed by atoms with Gasteiger partial charge in [0.2, 0.25) is 0 Å². The van der Waals surface area contributed by atoms with Gasteiger partial charge in [0, 0.05) is 23.9 Å². The third-order valence-corrected chi connectivity index (χ3v) is 6.08. The second-order valence-electron chi connectivity index (χ2n) is 8.29. The zero-order chi connectivity index (χ0) is 22.2. The molecule has 4 rings (SSSR count). The molecule has 0 saturated carbocycles. The van der Waals surface area contributed by atoms with E-state index < -0.39 is 6.09 Å². The molecular formula is C25H30N4O3. The van der Waals surface area contributed by atoms with Crippen LogP contribution >= 0.6 is 0 Å². The lowest BCUT2D eigenvalue weighted by Crippen LogP contribution is -2.33. The van der Waals surface area contributed by atoms with E-state index in [9.17, 15) is 9.59 Å². The van der Waals surface area contributed by atoms with E-state index in [0.717, 1.165) is 62.8 Å². The number of aromatic nitrogens is 1. The number of nitrogens with zero attached hydrogens (tertiary/aromatic N) is 1. The molecule has 3 N–H and O–H groups in total. The fourth-order valence-corrected chi connectivity index (χ4v) is 4.34. The normalized spacial score (nSPS) is 17.7. The van der Waals surface area contributed by atoms with Crippen LogP contribution in [0.5, 0.6) is 0 Å². The summed E-state index contributed by atoms with van der Waals surface area (Å²) in [4.78, 5) is 29.6. The van der Waals surface area contributed by atoms with Crippen molar-refractivity contribution in [2.24, 2.45) is 5.92 Å². The van der Waals surface area contributed by atoms with Gasteiger partial charge >= 0.3 is 6.09 Å². The molecule has 2 heterocycles. The number of piperidine rings is 1. The number of carbonyl (C=O) groups excluding carboxylic acids is 2. The highest BCUT2D eigenvalue weighted by molar-refractivity contribution is 6.06. The average Bonchev–Trinajstić information content (AvgIpc) is 2.85. The minimum atomic E-state index is -0.538. The van der Waals surface area contributed by atoms with Crippen LogP contribution in [-0.4, -0.2) is 30.1 Å². The first kappa shape index (κ1) is 22.0. The number of para-hydroxylation sites is 2. The van der Waals surface area contributed by atoms with Crippen LogP contribution in [0.15, 0.2) is 60.4 Å². The Morgan fingerprint density at radius 2 is 1.72 bits per heavy atom. The topological polar surface area (TPSA) is 92.4 Å². The maximum atomic E-state index is 12.9. The molecule has 2 aromatic rings. The van der Waals surface area contributed by atoms with Gasteiger partial charge in [-0.3, -0.25) is 15.1 Å². The number of carbonyl (C=O) groups is 2. The minimum absolute atomic E-state index is 0.114. The Morgan fingerprint density at radius 1 is 1.00 bits per heavy atom. The van der Waals surface area contributed by atoms with Crippen molar-refractivity contribution < 1.29 is 14.3 Å². The molecule has 1 aromatic carbocycles. The molecule has 1 aliphatic carbocycles. The van der Waals surface area contributed by atoms with Crippen molar-refractivity contribution in [3.05, 3.63) is 66.0 Å². The molecule has 7 nitrogen and oxygen atoms in total. The van der Waals surface area contributed by atoms with E-state index >= 15 is 0 Å². The maximum Gasteiger partial charge on any atom is 0.412 e. The smallest absolute Gasteiger partial charge is 0.412 e.